The van der Waals surface area contributed by atoms with Crippen LogP contribution < -0.4 is 5.32 Å². The Labute approximate surface area is 113 Å². The van der Waals surface area contributed by atoms with Crippen LogP contribution >= 0.6 is 0 Å². The van der Waals surface area contributed by atoms with Gasteiger partial charge in [-0.05, 0) is 24.1 Å². The zero-order chi connectivity index (χ0) is 14.5. The third kappa shape index (κ3) is 5.00. The minimum absolute atomic E-state index is 0.264. The lowest BCUT2D eigenvalue weighted by atomic mass is 10.1. The smallest absolute Gasteiger partial charge is 0.320 e. The average molecular weight is 285 g/mol. The summed E-state index contributed by atoms with van der Waals surface area (Å²) in [6.07, 6.45) is 2.51. The molecular formula is C13H19NO4S. The first-order chi connectivity index (χ1) is 8.84. The lowest BCUT2D eigenvalue weighted by molar-refractivity contribution is -0.139. The number of carboxylic acid groups (broad SMARTS) is 1. The third-order valence-corrected chi connectivity index (χ3v) is 3.91. The largest absolute Gasteiger partial charge is 0.480 e. The molecule has 6 heteroatoms. The Morgan fingerprint density at radius 1 is 1.32 bits per heavy atom. The molecule has 1 rings (SSSR count). The maximum atomic E-state index is 11.3. The lowest BCUT2D eigenvalue weighted by Crippen LogP contribution is -2.35. The zero-order valence-corrected chi connectivity index (χ0v) is 11.9. The van der Waals surface area contributed by atoms with Crippen molar-refractivity contribution in [1.29, 1.82) is 0 Å². The lowest BCUT2D eigenvalue weighted by Gasteiger charge is -2.13. The molecule has 0 radical (unpaired) electrons. The minimum Gasteiger partial charge on any atom is -0.480 e. The van der Waals surface area contributed by atoms with Gasteiger partial charge in [-0.3, -0.25) is 4.79 Å². The topological polar surface area (TPSA) is 83.5 Å². The SMILES string of the molecule is CCCC(NCc1ccc(S(C)(=O)=O)cc1)C(=O)O. The Kier molecular flexibility index (Phi) is 5.50. The van der Waals surface area contributed by atoms with E-state index < -0.39 is 21.8 Å². The molecule has 0 saturated carbocycles. The molecule has 0 aliphatic heterocycles. The maximum absolute atomic E-state index is 11.3. The van der Waals surface area contributed by atoms with Crippen molar-refractivity contribution in [1.82, 2.24) is 5.32 Å². The normalized spacial score (nSPS) is 13.2. The van der Waals surface area contributed by atoms with Crippen LogP contribution in [0.2, 0.25) is 0 Å². The predicted octanol–water partition coefficient (Wildman–Crippen LogP) is 1.43. The summed E-state index contributed by atoms with van der Waals surface area (Å²) in [5, 5.41) is 11.9. The predicted molar refractivity (Wildman–Crippen MR) is 72.7 cm³/mol. The molecule has 1 aromatic rings. The number of carbonyl (C=O) groups is 1. The Balaban J connectivity index is 2.66. The second-order valence-corrected chi connectivity index (χ2v) is 6.49. The van der Waals surface area contributed by atoms with Crippen LogP contribution in [0, 0.1) is 0 Å². The van der Waals surface area contributed by atoms with Crippen LogP contribution in [0.3, 0.4) is 0 Å². The van der Waals surface area contributed by atoms with Crippen molar-refractivity contribution in [2.75, 3.05) is 6.26 Å². The highest BCUT2D eigenvalue weighted by Gasteiger charge is 2.15. The monoisotopic (exact) mass is 285 g/mol. The van der Waals surface area contributed by atoms with Gasteiger partial charge in [0, 0.05) is 12.8 Å². The van der Waals surface area contributed by atoms with Crippen LogP contribution in [-0.4, -0.2) is 31.8 Å². The molecule has 2 N–H and O–H groups in total. The van der Waals surface area contributed by atoms with Gasteiger partial charge in [0.05, 0.1) is 4.90 Å². The molecule has 0 spiro atoms. The van der Waals surface area contributed by atoms with E-state index in [4.69, 9.17) is 5.11 Å². The van der Waals surface area contributed by atoms with Crippen molar-refractivity contribution in [3.05, 3.63) is 29.8 Å². The van der Waals surface area contributed by atoms with E-state index in [1.807, 2.05) is 6.92 Å². The van der Waals surface area contributed by atoms with Gasteiger partial charge in [0.2, 0.25) is 0 Å². The number of rotatable bonds is 7. The summed E-state index contributed by atoms with van der Waals surface area (Å²) < 4.78 is 22.6. The number of nitrogens with one attached hydrogen (secondary N) is 1. The van der Waals surface area contributed by atoms with E-state index in [0.717, 1.165) is 18.2 Å². The van der Waals surface area contributed by atoms with Crippen molar-refractivity contribution >= 4 is 15.8 Å². The van der Waals surface area contributed by atoms with Crippen LogP contribution in [-0.2, 0) is 21.2 Å². The number of hydrogen-bond acceptors (Lipinski definition) is 4. The van der Waals surface area contributed by atoms with E-state index in [-0.39, 0.29) is 4.90 Å². The van der Waals surface area contributed by atoms with Gasteiger partial charge >= 0.3 is 5.97 Å². The van der Waals surface area contributed by atoms with Gasteiger partial charge in [0.1, 0.15) is 6.04 Å². The molecule has 0 amide bonds. The van der Waals surface area contributed by atoms with Gasteiger partial charge in [-0.25, -0.2) is 8.42 Å². The van der Waals surface area contributed by atoms with Crippen molar-refractivity contribution in [2.24, 2.45) is 0 Å². The molecule has 1 atom stereocenters. The standard InChI is InChI=1S/C13H19NO4S/c1-3-4-12(13(15)16)14-9-10-5-7-11(8-6-10)19(2,17)18/h5-8,12,14H,3-4,9H2,1-2H3,(H,15,16). The number of sulfone groups is 1. The summed E-state index contributed by atoms with van der Waals surface area (Å²) in [6, 6.07) is 5.87. The molecule has 0 aliphatic carbocycles. The summed E-state index contributed by atoms with van der Waals surface area (Å²) in [4.78, 5) is 11.2. The van der Waals surface area contributed by atoms with Gasteiger partial charge < -0.3 is 10.4 Å². The van der Waals surface area contributed by atoms with Crippen LogP contribution in [0.1, 0.15) is 25.3 Å². The highest BCUT2D eigenvalue weighted by molar-refractivity contribution is 7.90. The molecular weight excluding hydrogens is 266 g/mol. The van der Waals surface area contributed by atoms with Crippen LogP contribution in [0.25, 0.3) is 0 Å². The first-order valence-electron chi connectivity index (χ1n) is 6.09. The number of hydrogen-bond donors (Lipinski definition) is 2. The summed E-state index contributed by atoms with van der Waals surface area (Å²) >= 11 is 0. The van der Waals surface area contributed by atoms with E-state index >= 15 is 0 Å². The van der Waals surface area contributed by atoms with Crippen LogP contribution in [0.4, 0.5) is 0 Å². The summed E-state index contributed by atoms with van der Waals surface area (Å²) in [7, 11) is -3.19. The number of aliphatic carboxylic acids is 1. The van der Waals surface area contributed by atoms with Gasteiger partial charge in [-0.1, -0.05) is 25.5 Å². The number of carboxylic acids is 1. The second-order valence-electron chi connectivity index (χ2n) is 4.48. The third-order valence-electron chi connectivity index (χ3n) is 2.78. The molecule has 0 aromatic heterocycles. The van der Waals surface area contributed by atoms with Crippen LogP contribution in [0.15, 0.2) is 29.2 Å². The number of benzene rings is 1. The molecule has 1 unspecified atom stereocenters. The van der Waals surface area contributed by atoms with Gasteiger partial charge in [0.15, 0.2) is 9.84 Å². The van der Waals surface area contributed by atoms with Crippen molar-refractivity contribution in [3.63, 3.8) is 0 Å². The van der Waals surface area contributed by atoms with Crippen LogP contribution in [0.5, 0.6) is 0 Å². The van der Waals surface area contributed by atoms with E-state index in [9.17, 15) is 13.2 Å². The fraction of sp³-hybridized carbons (Fsp3) is 0.462. The Morgan fingerprint density at radius 3 is 2.32 bits per heavy atom. The van der Waals surface area contributed by atoms with Crippen molar-refractivity contribution < 1.29 is 18.3 Å². The highest BCUT2D eigenvalue weighted by Crippen LogP contribution is 2.10. The highest BCUT2D eigenvalue weighted by atomic mass is 32.2. The minimum atomic E-state index is -3.19. The molecule has 19 heavy (non-hydrogen) atoms. The molecule has 0 fully saturated rings. The first-order valence-corrected chi connectivity index (χ1v) is 7.99. The first kappa shape index (κ1) is 15.7. The molecule has 0 heterocycles. The Bertz CT molecular complexity index is 522. The van der Waals surface area contributed by atoms with E-state index in [0.29, 0.717) is 13.0 Å². The van der Waals surface area contributed by atoms with Gasteiger partial charge in [0.25, 0.3) is 0 Å². The quantitative estimate of drug-likeness (QED) is 0.792. The molecule has 0 saturated heterocycles. The Morgan fingerprint density at radius 2 is 1.89 bits per heavy atom. The Hall–Kier alpha value is -1.40. The maximum Gasteiger partial charge on any atom is 0.320 e. The van der Waals surface area contributed by atoms with Gasteiger partial charge in [-0.15, -0.1) is 0 Å². The fourth-order valence-electron chi connectivity index (χ4n) is 1.70. The van der Waals surface area contributed by atoms with Crippen molar-refractivity contribution in [3.8, 4) is 0 Å². The summed E-state index contributed by atoms with van der Waals surface area (Å²) in [5.41, 5.74) is 0.856. The summed E-state index contributed by atoms with van der Waals surface area (Å²) in [5.74, 6) is -0.866. The van der Waals surface area contributed by atoms with Crippen molar-refractivity contribution in [2.45, 2.75) is 37.2 Å². The fourth-order valence-corrected chi connectivity index (χ4v) is 2.33. The van der Waals surface area contributed by atoms with E-state index in [1.165, 1.54) is 12.1 Å². The van der Waals surface area contributed by atoms with Gasteiger partial charge in [-0.2, -0.15) is 0 Å². The molecule has 1 aromatic carbocycles. The zero-order valence-electron chi connectivity index (χ0n) is 11.1. The average Bonchev–Trinajstić information content (AvgIpc) is 2.33. The molecule has 0 aliphatic rings. The molecule has 5 nitrogen and oxygen atoms in total. The second kappa shape index (κ2) is 6.68. The summed E-state index contributed by atoms with van der Waals surface area (Å²) in [6.45, 7) is 2.33. The molecule has 106 valence electrons. The molecule has 0 bridgehead atoms. The van der Waals surface area contributed by atoms with E-state index in [1.54, 1.807) is 12.1 Å². The van der Waals surface area contributed by atoms with E-state index in [2.05, 4.69) is 5.32 Å².